The maximum Gasteiger partial charge on any atom is 0.229 e. The van der Waals surface area contributed by atoms with Crippen molar-refractivity contribution in [1.82, 2.24) is 9.80 Å². The molecule has 0 aromatic heterocycles. The van der Waals surface area contributed by atoms with Gasteiger partial charge in [-0.15, -0.1) is 11.8 Å². The molecule has 1 atom stereocenters. The van der Waals surface area contributed by atoms with Crippen LogP contribution in [-0.2, 0) is 11.3 Å². The summed E-state index contributed by atoms with van der Waals surface area (Å²) in [4.78, 5) is 18.1. The summed E-state index contributed by atoms with van der Waals surface area (Å²) in [5.41, 5.74) is 0.939. The standard InChI is InChI=1S/C19H28N2O3S/c1-20-8-5-6-19(18(20)22)7-9-21(13-19)12-14-10-16(24-3)17(25-4)11-15(14)23-2/h10-11H,5-9,12-13H2,1-4H3/t19-/m1/s1. The Labute approximate surface area is 154 Å². The Balaban J connectivity index is 1.78. The van der Waals surface area contributed by atoms with Gasteiger partial charge in [0.25, 0.3) is 0 Å². The first kappa shape index (κ1) is 18.4. The monoisotopic (exact) mass is 364 g/mol. The lowest BCUT2D eigenvalue weighted by atomic mass is 9.78. The Morgan fingerprint density at radius 3 is 2.60 bits per heavy atom. The summed E-state index contributed by atoms with van der Waals surface area (Å²) < 4.78 is 11.1. The van der Waals surface area contributed by atoms with Gasteiger partial charge >= 0.3 is 0 Å². The highest BCUT2D eigenvalue weighted by atomic mass is 32.2. The highest BCUT2D eigenvalue weighted by Gasteiger charge is 2.47. The van der Waals surface area contributed by atoms with Crippen LogP contribution in [0.1, 0.15) is 24.8 Å². The van der Waals surface area contributed by atoms with Crippen molar-refractivity contribution in [2.75, 3.05) is 47.2 Å². The van der Waals surface area contributed by atoms with Crippen molar-refractivity contribution in [3.8, 4) is 11.5 Å². The number of piperidine rings is 1. The van der Waals surface area contributed by atoms with Crippen LogP contribution >= 0.6 is 11.8 Å². The van der Waals surface area contributed by atoms with Gasteiger partial charge in [0.05, 0.1) is 24.5 Å². The number of amides is 1. The number of carbonyl (C=O) groups is 1. The summed E-state index contributed by atoms with van der Waals surface area (Å²) in [6.45, 7) is 3.47. The van der Waals surface area contributed by atoms with E-state index in [2.05, 4.69) is 11.0 Å². The molecule has 1 aromatic rings. The smallest absolute Gasteiger partial charge is 0.229 e. The summed E-state index contributed by atoms with van der Waals surface area (Å²) in [5.74, 6) is 2.09. The molecule has 0 radical (unpaired) electrons. The molecule has 25 heavy (non-hydrogen) atoms. The van der Waals surface area contributed by atoms with Crippen LogP contribution in [-0.4, -0.2) is 62.9 Å². The van der Waals surface area contributed by atoms with Gasteiger partial charge in [-0.1, -0.05) is 0 Å². The summed E-state index contributed by atoms with van der Waals surface area (Å²) in [7, 11) is 5.34. The summed E-state index contributed by atoms with van der Waals surface area (Å²) in [5, 5.41) is 0. The Morgan fingerprint density at radius 2 is 1.92 bits per heavy atom. The number of nitrogens with zero attached hydrogens (tertiary/aromatic N) is 2. The van der Waals surface area contributed by atoms with Crippen molar-refractivity contribution in [3.63, 3.8) is 0 Å². The zero-order valence-electron chi connectivity index (χ0n) is 15.6. The van der Waals surface area contributed by atoms with E-state index < -0.39 is 0 Å². The third-order valence-electron chi connectivity index (χ3n) is 5.56. The average Bonchev–Trinajstić information content (AvgIpc) is 3.02. The molecule has 1 spiro atoms. The SMILES string of the molecule is COc1cc(SC)c(OC)cc1CN1CC[C@]2(CCCN(C)C2=O)C1. The number of likely N-dealkylation sites (tertiary alicyclic amines) is 2. The van der Waals surface area contributed by atoms with Crippen LogP contribution in [0.4, 0.5) is 0 Å². The number of hydrogen-bond donors (Lipinski definition) is 0. The molecule has 1 amide bonds. The van der Waals surface area contributed by atoms with E-state index in [4.69, 9.17) is 9.47 Å². The summed E-state index contributed by atoms with van der Waals surface area (Å²) in [6.07, 6.45) is 5.11. The predicted molar refractivity (Wildman–Crippen MR) is 101 cm³/mol. The van der Waals surface area contributed by atoms with Gasteiger partial charge in [0.1, 0.15) is 11.5 Å². The van der Waals surface area contributed by atoms with Crippen molar-refractivity contribution in [2.45, 2.75) is 30.7 Å². The second-order valence-corrected chi connectivity index (χ2v) is 7.94. The van der Waals surface area contributed by atoms with E-state index in [0.29, 0.717) is 5.91 Å². The van der Waals surface area contributed by atoms with Crippen LogP contribution in [0.3, 0.4) is 0 Å². The van der Waals surface area contributed by atoms with Gasteiger partial charge in [0.15, 0.2) is 0 Å². The summed E-state index contributed by atoms with van der Waals surface area (Å²) in [6, 6.07) is 4.12. The van der Waals surface area contributed by atoms with Gasteiger partial charge < -0.3 is 14.4 Å². The zero-order valence-corrected chi connectivity index (χ0v) is 16.4. The Bertz CT molecular complexity index is 652. The van der Waals surface area contributed by atoms with Gasteiger partial charge in [-0.3, -0.25) is 9.69 Å². The average molecular weight is 365 g/mol. The van der Waals surface area contributed by atoms with Crippen LogP contribution in [0.25, 0.3) is 0 Å². The van der Waals surface area contributed by atoms with Gasteiger partial charge in [-0.05, 0) is 44.2 Å². The minimum absolute atomic E-state index is 0.177. The van der Waals surface area contributed by atoms with E-state index in [1.165, 1.54) is 0 Å². The number of thioether (sulfide) groups is 1. The lowest BCUT2D eigenvalue weighted by Crippen LogP contribution is -2.48. The van der Waals surface area contributed by atoms with E-state index in [-0.39, 0.29) is 5.41 Å². The Morgan fingerprint density at radius 1 is 1.16 bits per heavy atom. The molecule has 0 N–H and O–H groups in total. The minimum atomic E-state index is -0.177. The molecule has 1 aromatic carbocycles. The molecule has 0 aliphatic carbocycles. The Kier molecular flexibility index (Phi) is 5.49. The topological polar surface area (TPSA) is 42.0 Å². The van der Waals surface area contributed by atoms with Crippen molar-refractivity contribution in [1.29, 1.82) is 0 Å². The molecule has 2 aliphatic heterocycles. The van der Waals surface area contributed by atoms with Crippen LogP contribution in [0.2, 0.25) is 0 Å². The first-order valence-electron chi connectivity index (χ1n) is 8.80. The number of hydrogen-bond acceptors (Lipinski definition) is 5. The number of rotatable bonds is 5. The molecule has 6 heteroatoms. The van der Waals surface area contributed by atoms with Crippen LogP contribution in [0, 0.1) is 5.41 Å². The first-order valence-corrected chi connectivity index (χ1v) is 10.0. The fourth-order valence-electron chi connectivity index (χ4n) is 4.20. The zero-order chi connectivity index (χ0) is 18.0. The van der Waals surface area contributed by atoms with E-state index >= 15 is 0 Å². The van der Waals surface area contributed by atoms with Gasteiger partial charge in [0, 0.05) is 32.2 Å². The molecule has 2 heterocycles. The molecule has 0 unspecified atom stereocenters. The fraction of sp³-hybridized carbons (Fsp3) is 0.632. The van der Waals surface area contributed by atoms with Crippen LogP contribution in [0.5, 0.6) is 11.5 Å². The molecule has 3 rings (SSSR count). The molecule has 138 valence electrons. The van der Waals surface area contributed by atoms with Crippen molar-refractivity contribution < 1.29 is 14.3 Å². The van der Waals surface area contributed by atoms with E-state index in [0.717, 1.165) is 67.4 Å². The van der Waals surface area contributed by atoms with E-state index in [9.17, 15) is 4.79 Å². The second-order valence-electron chi connectivity index (χ2n) is 7.09. The molecule has 0 saturated carbocycles. The quantitative estimate of drug-likeness (QED) is 0.752. The number of carbonyl (C=O) groups excluding carboxylic acids is 1. The normalized spacial score (nSPS) is 24.2. The van der Waals surface area contributed by atoms with Gasteiger partial charge in [-0.25, -0.2) is 0 Å². The van der Waals surface area contributed by atoms with Crippen molar-refractivity contribution >= 4 is 17.7 Å². The second kappa shape index (κ2) is 7.46. The van der Waals surface area contributed by atoms with Crippen LogP contribution in [0.15, 0.2) is 17.0 Å². The number of benzene rings is 1. The van der Waals surface area contributed by atoms with Crippen molar-refractivity contribution in [3.05, 3.63) is 17.7 Å². The lowest BCUT2D eigenvalue weighted by molar-refractivity contribution is -0.143. The molecule has 2 aliphatic rings. The molecular weight excluding hydrogens is 336 g/mol. The third kappa shape index (κ3) is 3.47. The highest BCUT2D eigenvalue weighted by Crippen LogP contribution is 2.41. The largest absolute Gasteiger partial charge is 0.496 e. The van der Waals surface area contributed by atoms with Crippen molar-refractivity contribution in [2.24, 2.45) is 5.41 Å². The molecule has 2 saturated heterocycles. The third-order valence-corrected chi connectivity index (χ3v) is 6.32. The van der Waals surface area contributed by atoms with E-state index in [1.807, 2.05) is 24.3 Å². The number of ether oxygens (including phenoxy) is 2. The minimum Gasteiger partial charge on any atom is -0.496 e. The van der Waals surface area contributed by atoms with Gasteiger partial charge in [0.2, 0.25) is 5.91 Å². The maximum atomic E-state index is 12.7. The fourth-order valence-corrected chi connectivity index (χ4v) is 4.77. The van der Waals surface area contributed by atoms with Crippen LogP contribution < -0.4 is 9.47 Å². The van der Waals surface area contributed by atoms with Gasteiger partial charge in [-0.2, -0.15) is 0 Å². The Hall–Kier alpha value is -1.40. The molecule has 0 bridgehead atoms. The predicted octanol–water partition coefficient (Wildman–Crippen LogP) is 2.87. The molecular formula is C19H28N2O3S. The summed E-state index contributed by atoms with van der Waals surface area (Å²) >= 11 is 1.65. The maximum absolute atomic E-state index is 12.7. The lowest BCUT2D eigenvalue weighted by Gasteiger charge is -2.37. The molecule has 2 fully saturated rings. The first-order chi connectivity index (χ1) is 12.0. The molecule has 5 nitrogen and oxygen atoms in total. The highest BCUT2D eigenvalue weighted by molar-refractivity contribution is 7.98. The van der Waals surface area contributed by atoms with E-state index in [1.54, 1.807) is 26.0 Å². The number of methoxy groups -OCH3 is 2.